The minimum Gasteiger partial charge on any atom is -0.299 e. The largest absolute Gasteiger partial charge is 0.299 e. The molecule has 1 heteroatoms. The molecule has 0 saturated heterocycles. The molecule has 15 heavy (non-hydrogen) atoms. The topological polar surface area (TPSA) is 17.1 Å². The van der Waals surface area contributed by atoms with Gasteiger partial charge in [-0.05, 0) is 43.4 Å². The van der Waals surface area contributed by atoms with Crippen LogP contribution in [0, 0.1) is 23.7 Å². The molecule has 0 aromatic rings. The summed E-state index contributed by atoms with van der Waals surface area (Å²) in [5.74, 6) is 3.14. The van der Waals surface area contributed by atoms with E-state index >= 15 is 0 Å². The number of hydrogen-bond donors (Lipinski definition) is 0. The normalized spacial score (nSPS) is 31.9. The van der Waals surface area contributed by atoms with Crippen LogP contribution in [0.2, 0.25) is 0 Å². The van der Waals surface area contributed by atoms with E-state index in [1.165, 1.54) is 6.42 Å². The Kier molecular flexibility index (Phi) is 4.82. The maximum atomic E-state index is 12.0. The van der Waals surface area contributed by atoms with E-state index in [-0.39, 0.29) is 0 Å². The Balaban J connectivity index is 2.34. The van der Waals surface area contributed by atoms with Crippen LogP contribution >= 0.6 is 0 Å². The molecule has 0 aromatic heterocycles. The van der Waals surface area contributed by atoms with Gasteiger partial charge in [0.2, 0.25) is 0 Å². The van der Waals surface area contributed by atoms with Crippen molar-refractivity contribution in [1.29, 1.82) is 0 Å². The summed E-state index contributed by atoms with van der Waals surface area (Å²) < 4.78 is 0. The Bertz CT molecular complexity index is 207. The Morgan fingerprint density at radius 3 is 2.40 bits per heavy atom. The number of Topliss-reactive ketones (excluding diaryl/α,β-unsaturated/α-hetero) is 1. The molecule has 0 aromatic carbocycles. The molecule has 1 saturated carbocycles. The molecule has 88 valence electrons. The van der Waals surface area contributed by atoms with Crippen molar-refractivity contribution in [3.63, 3.8) is 0 Å². The summed E-state index contributed by atoms with van der Waals surface area (Å²) in [4.78, 5) is 12.0. The molecular formula is C14H26O. The number of rotatable bonds is 4. The third-order valence-electron chi connectivity index (χ3n) is 4.02. The molecule has 0 bridgehead atoms. The highest BCUT2D eigenvalue weighted by Gasteiger charge is 2.28. The molecule has 1 aliphatic carbocycles. The third kappa shape index (κ3) is 3.96. The van der Waals surface area contributed by atoms with Crippen LogP contribution in [0.1, 0.15) is 59.8 Å². The molecule has 0 spiro atoms. The van der Waals surface area contributed by atoms with Crippen molar-refractivity contribution in [3.05, 3.63) is 0 Å². The zero-order valence-corrected chi connectivity index (χ0v) is 10.8. The third-order valence-corrected chi connectivity index (χ3v) is 4.02. The van der Waals surface area contributed by atoms with Crippen molar-refractivity contribution >= 4 is 5.78 Å². The highest BCUT2D eigenvalue weighted by Crippen LogP contribution is 2.34. The minimum absolute atomic E-state index is 0.384. The molecular weight excluding hydrogens is 184 g/mol. The van der Waals surface area contributed by atoms with Crippen molar-refractivity contribution in [2.45, 2.75) is 59.8 Å². The van der Waals surface area contributed by atoms with Gasteiger partial charge in [0.25, 0.3) is 0 Å². The summed E-state index contributed by atoms with van der Waals surface area (Å²) in [6.45, 7) is 9.00. The van der Waals surface area contributed by atoms with Crippen LogP contribution < -0.4 is 0 Å². The fourth-order valence-corrected chi connectivity index (χ4v) is 2.48. The van der Waals surface area contributed by atoms with Gasteiger partial charge in [-0.25, -0.2) is 0 Å². The molecule has 0 amide bonds. The van der Waals surface area contributed by atoms with Gasteiger partial charge in [0, 0.05) is 12.3 Å². The van der Waals surface area contributed by atoms with Crippen LogP contribution in [-0.2, 0) is 4.79 Å². The standard InChI is InChI=1S/C14H26O/c1-10(2)5-8-14(15)13-7-6-11(3)12(4)9-13/h10-13H,5-9H2,1-4H3. The van der Waals surface area contributed by atoms with Crippen LogP contribution in [0.3, 0.4) is 0 Å². The van der Waals surface area contributed by atoms with Crippen LogP contribution in [-0.4, -0.2) is 5.78 Å². The Labute approximate surface area is 94.6 Å². The lowest BCUT2D eigenvalue weighted by atomic mass is 9.73. The van der Waals surface area contributed by atoms with Gasteiger partial charge in [0.05, 0.1) is 0 Å². The number of ketones is 1. The monoisotopic (exact) mass is 210 g/mol. The fourth-order valence-electron chi connectivity index (χ4n) is 2.48. The lowest BCUT2D eigenvalue weighted by Crippen LogP contribution is -2.26. The summed E-state index contributed by atoms with van der Waals surface area (Å²) in [5.41, 5.74) is 0. The molecule has 1 rings (SSSR count). The van der Waals surface area contributed by atoms with Gasteiger partial charge in [0.1, 0.15) is 5.78 Å². The molecule has 0 aliphatic heterocycles. The van der Waals surface area contributed by atoms with Gasteiger partial charge in [-0.15, -0.1) is 0 Å². The van der Waals surface area contributed by atoms with Crippen molar-refractivity contribution < 1.29 is 4.79 Å². The van der Waals surface area contributed by atoms with Gasteiger partial charge in [0.15, 0.2) is 0 Å². The molecule has 0 N–H and O–H groups in total. The molecule has 1 fully saturated rings. The maximum Gasteiger partial charge on any atom is 0.135 e. The number of hydrogen-bond acceptors (Lipinski definition) is 1. The van der Waals surface area contributed by atoms with Crippen LogP contribution in [0.4, 0.5) is 0 Å². The van der Waals surface area contributed by atoms with E-state index in [9.17, 15) is 4.79 Å². The molecule has 1 aliphatic rings. The van der Waals surface area contributed by atoms with E-state index in [0.29, 0.717) is 17.6 Å². The highest BCUT2D eigenvalue weighted by atomic mass is 16.1. The second kappa shape index (κ2) is 5.67. The van der Waals surface area contributed by atoms with Crippen molar-refractivity contribution in [2.24, 2.45) is 23.7 Å². The summed E-state index contributed by atoms with van der Waals surface area (Å²) in [5, 5.41) is 0. The van der Waals surface area contributed by atoms with Gasteiger partial charge in [-0.3, -0.25) is 4.79 Å². The van der Waals surface area contributed by atoms with E-state index in [1.54, 1.807) is 0 Å². The Morgan fingerprint density at radius 2 is 1.87 bits per heavy atom. The Morgan fingerprint density at radius 1 is 1.20 bits per heavy atom. The summed E-state index contributed by atoms with van der Waals surface area (Å²) in [6, 6.07) is 0. The first kappa shape index (κ1) is 12.7. The smallest absolute Gasteiger partial charge is 0.135 e. The molecule has 3 atom stereocenters. The summed E-state index contributed by atoms with van der Waals surface area (Å²) >= 11 is 0. The highest BCUT2D eigenvalue weighted by molar-refractivity contribution is 5.81. The van der Waals surface area contributed by atoms with Gasteiger partial charge in [-0.2, -0.15) is 0 Å². The molecule has 3 unspecified atom stereocenters. The zero-order valence-electron chi connectivity index (χ0n) is 10.8. The van der Waals surface area contributed by atoms with E-state index in [4.69, 9.17) is 0 Å². The van der Waals surface area contributed by atoms with Crippen LogP contribution in [0.15, 0.2) is 0 Å². The minimum atomic E-state index is 0.384. The zero-order chi connectivity index (χ0) is 11.4. The average molecular weight is 210 g/mol. The SMILES string of the molecule is CC(C)CCC(=O)C1CCC(C)C(C)C1. The predicted molar refractivity (Wildman–Crippen MR) is 64.7 cm³/mol. The van der Waals surface area contributed by atoms with Gasteiger partial charge in [-0.1, -0.05) is 27.7 Å². The van der Waals surface area contributed by atoms with Crippen LogP contribution in [0.5, 0.6) is 0 Å². The van der Waals surface area contributed by atoms with E-state index < -0.39 is 0 Å². The number of carbonyl (C=O) groups excluding carboxylic acids is 1. The van der Waals surface area contributed by atoms with Crippen molar-refractivity contribution in [1.82, 2.24) is 0 Å². The molecule has 1 nitrogen and oxygen atoms in total. The molecule has 0 radical (unpaired) electrons. The van der Waals surface area contributed by atoms with E-state index in [1.807, 2.05) is 0 Å². The first-order valence-electron chi connectivity index (χ1n) is 6.53. The van der Waals surface area contributed by atoms with Crippen LogP contribution in [0.25, 0.3) is 0 Å². The first-order chi connectivity index (χ1) is 7.00. The summed E-state index contributed by atoms with van der Waals surface area (Å²) in [7, 11) is 0. The lowest BCUT2D eigenvalue weighted by molar-refractivity contribution is -0.124. The molecule has 0 heterocycles. The second-order valence-electron chi connectivity index (χ2n) is 5.86. The maximum absolute atomic E-state index is 12.0. The van der Waals surface area contributed by atoms with Crippen molar-refractivity contribution in [3.8, 4) is 0 Å². The fraction of sp³-hybridized carbons (Fsp3) is 0.929. The predicted octanol–water partition coefficient (Wildman–Crippen LogP) is 4.06. The van der Waals surface area contributed by atoms with Gasteiger partial charge < -0.3 is 0 Å². The van der Waals surface area contributed by atoms with E-state index in [2.05, 4.69) is 27.7 Å². The quantitative estimate of drug-likeness (QED) is 0.683. The van der Waals surface area contributed by atoms with Gasteiger partial charge >= 0.3 is 0 Å². The first-order valence-corrected chi connectivity index (χ1v) is 6.53. The van der Waals surface area contributed by atoms with E-state index in [0.717, 1.165) is 37.5 Å². The lowest BCUT2D eigenvalue weighted by Gasteiger charge is -2.31. The second-order valence-corrected chi connectivity index (χ2v) is 5.86. The average Bonchev–Trinajstić information content (AvgIpc) is 2.18. The number of carbonyl (C=O) groups is 1. The van der Waals surface area contributed by atoms with Crippen molar-refractivity contribution in [2.75, 3.05) is 0 Å². The Hall–Kier alpha value is -0.330. The summed E-state index contributed by atoms with van der Waals surface area (Å²) in [6.07, 6.45) is 5.41.